The summed E-state index contributed by atoms with van der Waals surface area (Å²) in [6.07, 6.45) is 0. The summed E-state index contributed by atoms with van der Waals surface area (Å²) in [4.78, 5) is 14.6. The van der Waals surface area contributed by atoms with Crippen LogP contribution in [0.3, 0.4) is 0 Å². The van der Waals surface area contributed by atoms with E-state index in [2.05, 4.69) is 25.7 Å². The molecule has 0 aliphatic carbocycles. The van der Waals surface area contributed by atoms with E-state index < -0.39 is 5.12 Å². The molecule has 0 aromatic heterocycles. The molecule has 1 aromatic carbocycles. The maximum atomic E-state index is 11.6. The number of rotatable bonds is 5. The minimum absolute atomic E-state index is 0.236. The Kier molecular flexibility index (Phi) is 11.2. The highest BCUT2D eigenvalue weighted by Crippen LogP contribution is 2.24. The highest BCUT2D eigenvalue weighted by molar-refractivity contribution is 8.14. The number of carbonyl (C=O) groups excluding carboxylic acids is 1. The van der Waals surface area contributed by atoms with Gasteiger partial charge in [0.25, 0.3) is 0 Å². The van der Waals surface area contributed by atoms with Gasteiger partial charge in [0.2, 0.25) is 5.12 Å². The summed E-state index contributed by atoms with van der Waals surface area (Å²) in [5, 5.41) is 17.9. The normalized spacial score (nSPS) is 11.2. The van der Waals surface area contributed by atoms with Crippen LogP contribution < -0.4 is 0 Å². The summed E-state index contributed by atoms with van der Waals surface area (Å²) in [6.45, 7) is 11.4. The van der Waals surface area contributed by atoms with E-state index in [4.69, 9.17) is 22.0 Å². The number of allylic oxidation sites excluding steroid dienone is 1. The molecule has 0 fully saturated rings. The molecule has 1 N–H and O–H groups in total. The van der Waals surface area contributed by atoms with Gasteiger partial charge in [-0.05, 0) is 62.6 Å². The standard InChI is InChI=1S/C11H8ClNO2S.C6H15N/c1-7(14)10(6-13)11(15)16-9-4-2-8(12)3-5-9;1-4-7(5-2)6-3/h2-5,14H,1H3;4-6H2,1-3H3/b10-7-;. The lowest BCUT2D eigenvalue weighted by Gasteiger charge is -2.13. The van der Waals surface area contributed by atoms with Crippen LogP contribution in [-0.4, -0.2) is 34.8 Å². The topological polar surface area (TPSA) is 64.3 Å². The van der Waals surface area contributed by atoms with Crippen molar-refractivity contribution in [3.05, 3.63) is 40.6 Å². The second-order valence-corrected chi connectivity index (χ2v) is 6.02. The van der Waals surface area contributed by atoms with Crippen molar-refractivity contribution < 1.29 is 9.90 Å². The van der Waals surface area contributed by atoms with Crippen LogP contribution in [0.25, 0.3) is 0 Å². The molecule has 6 heteroatoms. The average Bonchev–Trinajstić information content (AvgIpc) is 2.52. The Hall–Kier alpha value is -1.48. The van der Waals surface area contributed by atoms with Gasteiger partial charge in [0.15, 0.2) is 0 Å². The fraction of sp³-hybridized carbons (Fsp3) is 0.412. The molecule has 4 nitrogen and oxygen atoms in total. The van der Waals surface area contributed by atoms with Crippen LogP contribution in [-0.2, 0) is 4.79 Å². The monoisotopic (exact) mass is 354 g/mol. The molecule has 0 heterocycles. The lowest BCUT2D eigenvalue weighted by Crippen LogP contribution is -2.21. The predicted molar refractivity (Wildman–Crippen MR) is 96.7 cm³/mol. The van der Waals surface area contributed by atoms with Gasteiger partial charge in [0, 0.05) is 9.92 Å². The molecule has 0 aliphatic heterocycles. The minimum atomic E-state index is -0.482. The van der Waals surface area contributed by atoms with Gasteiger partial charge >= 0.3 is 0 Å². The van der Waals surface area contributed by atoms with Crippen molar-refractivity contribution in [2.75, 3.05) is 19.6 Å². The first-order valence-electron chi connectivity index (χ1n) is 7.39. The SMILES string of the molecule is C/C(O)=C(\C#N)C(=O)Sc1ccc(Cl)cc1.CCN(CC)CC. The molecule has 0 saturated carbocycles. The number of hydrogen-bond donors (Lipinski definition) is 1. The summed E-state index contributed by atoms with van der Waals surface area (Å²) in [7, 11) is 0. The Morgan fingerprint density at radius 2 is 1.70 bits per heavy atom. The third kappa shape index (κ3) is 8.65. The number of carbonyl (C=O) groups is 1. The molecular formula is C17H23ClN2O2S. The molecule has 0 unspecified atom stereocenters. The van der Waals surface area contributed by atoms with E-state index in [1.54, 1.807) is 30.3 Å². The number of halogens is 1. The summed E-state index contributed by atoms with van der Waals surface area (Å²) in [5.74, 6) is -0.269. The molecule has 0 spiro atoms. The Bertz CT molecular complexity index is 551. The number of thioether (sulfide) groups is 1. The first-order valence-corrected chi connectivity index (χ1v) is 8.58. The van der Waals surface area contributed by atoms with Crippen LogP contribution in [0.1, 0.15) is 27.7 Å². The molecule has 1 aromatic rings. The number of benzene rings is 1. The van der Waals surface area contributed by atoms with Crippen molar-refractivity contribution in [1.82, 2.24) is 4.90 Å². The minimum Gasteiger partial charge on any atom is -0.511 e. The maximum absolute atomic E-state index is 11.6. The molecule has 0 radical (unpaired) electrons. The number of aliphatic hydroxyl groups excluding tert-OH is 1. The van der Waals surface area contributed by atoms with Crippen LogP contribution in [0.5, 0.6) is 0 Å². The van der Waals surface area contributed by atoms with Crippen LogP contribution in [0.4, 0.5) is 0 Å². The summed E-state index contributed by atoms with van der Waals surface area (Å²) in [5.41, 5.74) is -0.236. The first-order chi connectivity index (χ1) is 10.9. The Labute approximate surface area is 147 Å². The van der Waals surface area contributed by atoms with Crippen molar-refractivity contribution >= 4 is 28.5 Å². The highest BCUT2D eigenvalue weighted by Gasteiger charge is 2.14. The van der Waals surface area contributed by atoms with Gasteiger partial charge < -0.3 is 10.0 Å². The van der Waals surface area contributed by atoms with Crippen molar-refractivity contribution in [2.24, 2.45) is 0 Å². The zero-order valence-electron chi connectivity index (χ0n) is 14.0. The highest BCUT2D eigenvalue weighted by atomic mass is 35.5. The van der Waals surface area contributed by atoms with Crippen molar-refractivity contribution in [1.29, 1.82) is 5.26 Å². The third-order valence-electron chi connectivity index (χ3n) is 3.04. The van der Waals surface area contributed by atoms with Crippen LogP contribution >= 0.6 is 23.4 Å². The second kappa shape index (κ2) is 12.0. The predicted octanol–water partition coefficient (Wildman–Crippen LogP) is 4.66. The Morgan fingerprint density at radius 3 is 2.00 bits per heavy atom. The Balaban J connectivity index is 0.000000585. The number of nitrogens with zero attached hydrogens (tertiary/aromatic N) is 2. The molecular weight excluding hydrogens is 332 g/mol. The molecule has 0 bridgehead atoms. The number of aliphatic hydroxyl groups is 1. The van der Waals surface area contributed by atoms with E-state index in [1.807, 2.05) is 0 Å². The van der Waals surface area contributed by atoms with E-state index in [-0.39, 0.29) is 11.3 Å². The third-order valence-corrected chi connectivity index (χ3v) is 4.19. The average molecular weight is 355 g/mol. The van der Waals surface area contributed by atoms with Crippen molar-refractivity contribution in [3.63, 3.8) is 0 Å². The quantitative estimate of drug-likeness (QED) is 0.360. The first kappa shape index (κ1) is 21.5. The lowest BCUT2D eigenvalue weighted by molar-refractivity contribution is -0.107. The van der Waals surface area contributed by atoms with Gasteiger partial charge in [-0.25, -0.2) is 0 Å². The zero-order valence-corrected chi connectivity index (χ0v) is 15.5. The largest absolute Gasteiger partial charge is 0.511 e. The zero-order chi connectivity index (χ0) is 17.8. The van der Waals surface area contributed by atoms with E-state index in [1.165, 1.54) is 26.6 Å². The molecule has 1 rings (SSSR count). The van der Waals surface area contributed by atoms with E-state index in [9.17, 15) is 4.79 Å². The molecule has 0 amide bonds. The van der Waals surface area contributed by atoms with Crippen LogP contribution in [0.15, 0.2) is 40.5 Å². The molecule has 23 heavy (non-hydrogen) atoms. The fourth-order valence-corrected chi connectivity index (χ4v) is 2.51. The van der Waals surface area contributed by atoms with Gasteiger partial charge in [-0.3, -0.25) is 4.79 Å². The van der Waals surface area contributed by atoms with Crippen LogP contribution in [0, 0.1) is 11.3 Å². The smallest absolute Gasteiger partial charge is 0.238 e. The van der Waals surface area contributed by atoms with Crippen molar-refractivity contribution in [3.8, 4) is 6.07 Å². The van der Waals surface area contributed by atoms with E-state index in [0.29, 0.717) is 9.92 Å². The summed E-state index contributed by atoms with van der Waals surface area (Å²) < 4.78 is 0. The molecule has 0 aliphatic rings. The van der Waals surface area contributed by atoms with Gasteiger partial charge in [-0.1, -0.05) is 32.4 Å². The van der Waals surface area contributed by atoms with E-state index >= 15 is 0 Å². The van der Waals surface area contributed by atoms with Crippen molar-refractivity contribution in [2.45, 2.75) is 32.6 Å². The number of nitriles is 1. The maximum Gasteiger partial charge on any atom is 0.238 e. The summed E-state index contributed by atoms with van der Waals surface area (Å²) >= 11 is 6.57. The molecule has 0 saturated heterocycles. The molecule has 0 atom stereocenters. The number of hydrogen-bond acceptors (Lipinski definition) is 5. The van der Waals surface area contributed by atoms with Gasteiger partial charge in [-0.2, -0.15) is 5.26 Å². The Morgan fingerprint density at radius 1 is 1.22 bits per heavy atom. The van der Waals surface area contributed by atoms with Crippen LogP contribution in [0.2, 0.25) is 5.02 Å². The summed E-state index contributed by atoms with van der Waals surface area (Å²) in [6, 6.07) is 8.32. The van der Waals surface area contributed by atoms with Gasteiger partial charge in [0.05, 0.1) is 0 Å². The van der Waals surface area contributed by atoms with E-state index in [0.717, 1.165) is 11.8 Å². The fourth-order valence-electron chi connectivity index (χ4n) is 1.61. The van der Waals surface area contributed by atoms with Gasteiger partial charge in [-0.15, -0.1) is 0 Å². The lowest BCUT2D eigenvalue weighted by atomic mass is 10.3. The molecule has 126 valence electrons. The van der Waals surface area contributed by atoms with Gasteiger partial charge in [0.1, 0.15) is 17.4 Å². The second-order valence-electron chi connectivity index (χ2n) is 4.54.